The largest absolute Gasteiger partial charge is 0.0712 e. The lowest BCUT2D eigenvalue weighted by Crippen LogP contribution is -2.65. The van der Waals surface area contributed by atoms with E-state index in [9.17, 15) is 0 Å². The zero-order chi connectivity index (χ0) is 14.1. The van der Waals surface area contributed by atoms with E-state index in [0.29, 0.717) is 26.3 Å². The maximum Gasteiger partial charge on any atom is 0.0466 e. The fourth-order valence-electron chi connectivity index (χ4n) is 4.38. The Hall–Kier alpha value is 0.217. The van der Waals surface area contributed by atoms with Crippen molar-refractivity contribution in [2.45, 2.75) is 85.9 Å². The Morgan fingerprint density at radius 2 is 0.706 bits per heavy atom. The first kappa shape index (κ1) is 15.3. The molecular formula is C16H34Si. The molecule has 0 atom stereocenters. The third-order valence-corrected chi connectivity index (χ3v) is 14.3. The normalized spacial score (nSPS) is 33.4. The standard InChI is InChI=1S/C16H34Si/c1-12(2)13(3,4)15(7,8)17(11)16(9,10)14(12,5)6/h17H,1-11H3. The molecular weight excluding hydrogens is 220 g/mol. The lowest BCUT2D eigenvalue weighted by molar-refractivity contribution is -0.0873. The van der Waals surface area contributed by atoms with Gasteiger partial charge in [0, 0.05) is 8.80 Å². The summed E-state index contributed by atoms with van der Waals surface area (Å²) in [6.45, 7) is 27.7. The molecule has 1 fully saturated rings. The predicted molar refractivity (Wildman–Crippen MR) is 82.4 cm³/mol. The summed E-state index contributed by atoms with van der Waals surface area (Å²) in [7, 11) is -0.845. The Kier molecular flexibility index (Phi) is 3.06. The molecule has 0 spiro atoms. The van der Waals surface area contributed by atoms with Crippen molar-refractivity contribution in [1.82, 2.24) is 0 Å². The summed E-state index contributed by atoms with van der Waals surface area (Å²) in [4.78, 5) is 0. The number of rotatable bonds is 0. The van der Waals surface area contributed by atoms with E-state index in [0.717, 1.165) is 0 Å². The summed E-state index contributed by atoms with van der Waals surface area (Å²) in [6, 6.07) is 0. The van der Waals surface area contributed by atoms with Gasteiger partial charge in [0.25, 0.3) is 0 Å². The second-order valence-electron chi connectivity index (χ2n) is 9.04. The molecule has 0 bridgehead atoms. The zero-order valence-electron chi connectivity index (χ0n) is 14.1. The summed E-state index contributed by atoms with van der Waals surface area (Å²) in [5.41, 5.74) is 1.14. The van der Waals surface area contributed by atoms with Gasteiger partial charge in [0.2, 0.25) is 0 Å². The molecule has 0 nitrogen and oxygen atoms in total. The number of hydrogen-bond acceptors (Lipinski definition) is 0. The molecule has 0 saturated carbocycles. The first-order chi connectivity index (χ1) is 7.15. The molecule has 0 N–H and O–H groups in total. The maximum atomic E-state index is 2.60. The van der Waals surface area contributed by atoms with Crippen LogP contribution in [0.5, 0.6) is 0 Å². The van der Waals surface area contributed by atoms with Crippen molar-refractivity contribution in [2.24, 2.45) is 16.2 Å². The van der Waals surface area contributed by atoms with Crippen molar-refractivity contribution in [3.63, 3.8) is 0 Å². The molecule has 17 heavy (non-hydrogen) atoms. The summed E-state index contributed by atoms with van der Waals surface area (Å²) < 4.78 is 0. The summed E-state index contributed by atoms with van der Waals surface area (Å²) in [5, 5.41) is 0.991. The van der Waals surface area contributed by atoms with E-state index in [1.54, 1.807) is 0 Å². The molecule has 1 aliphatic heterocycles. The van der Waals surface area contributed by atoms with E-state index in [2.05, 4.69) is 75.8 Å². The Bertz CT molecular complexity index is 288. The van der Waals surface area contributed by atoms with Crippen LogP contribution >= 0.6 is 0 Å². The Morgan fingerprint density at radius 1 is 0.471 bits per heavy atom. The molecule has 0 radical (unpaired) electrons. The van der Waals surface area contributed by atoms with Crippen molar-refractivity contribution >= 4 is 8.80 Å². The van der Waals surface area contributed by atoms with Crippen LogP contribution in [-0.2, 0) is 0 Å². The minimum absolute atomic E-state index is 0.354. The van der Waals surface area contributed by atoms with Gasteiger partial charge in [-0.05, 0) is 26.3 Å². The molecule has 0 aromatic rings. The highest BCUT2D eigenvalue weighted by atomic mass is 28.3. The van der Waals surface area contributed by atoms with Crippen LogP contribution in [-0.4, -0.2) is 8.80 Å². The summed E-state index contributed by atoms with van der Waals surface area (Å²) >= 11 is 0. The van der Waals surface area contributed by atoms with Gasteiger partial charge in [0.1, 0.15) is 0 Å². The lowest BCUT2D eigenvalue weighted by atomic mass is 9.47. The van der Waals surface area contributed by atoms with Gasteiger partial charge in [-0.15, -0.1) is 0 Å². The fraction of sp³-hybridized carbons (Fsp3) is 1.00. The second kappa shape index (κ2) is 3.40. The maximum absolute atomic E-state index is 2.60. The third-order valence-electron chi connectivity index (χ3n) is 8.51. The van der Waals surface area contributed by atoms with Gasteiger partial charge in [-0.2, -0.15) is 0 Å². The average molecular weight is 255 g/mol. The predicted octanol–water partition coefficient (Wildman–Crippen LogP) is 5.50. The van der Waals surface area contributed by atoms with Gasteiger partial charge >= 0.3 is 0 Å². The van der Waals surface area contributed by atoms with Crippen molar-refractivity contribution < 1.29 is 0 Å². The summed E-state index contributed by atoms with van der Waals surface area (Å²) in [5.74, 6) is 0. The Labute approximate surface area is 111 Å². The highest BCUT2D eigenvalue weighted by Crippen LogP contribution is 2.76. The Morgan fingerprint density at radius 3 is 0.941 bits per heavy atom. The third kappa shape index (κ3) is 1.41. The molecule has 0 aromatic heterocycles. The minimum atomic E-state index is -0.845. The molecule has 0 aromatic carbocycles. The van der Waals surface area contributed by atoms with Crippen LogP contribution < -0.4 is 0 Å². The van der Waals surface area contributed by atoms with Crippen molar-refractivity contribution in [1.29, 1.82) is 0 Å². The van der Waals surface area contributed by atoms with Crippen LogP contribution in [0.1, 0.15) is 69.2 Å². The van der Waals surface area contributed by atoms with E-state index in [-0.39, 0.29) is 0 Å². The van der Waals surface area contributed by atoms with Crippen LogP contribution in [0.2, 0.25) is 16.6 Å². The zero-order valence-corrected chi connectivity index (χ0v) is 15.2. The highest BCUT2D eigenvalue weighted by molar-refractivity contribution is 6.64. The highest BCUT2D eigenvalue weighted by Gasteiger charge is 2.67. The van der Waals surface area contributed by atoms with Crippen molar-refractivity contribution in [3.05, 3.63) is 0 Å². The second-order valence-corrected chi connectivity index (χ2v) is 13.4. The van der Waals surface area contributed by atoms with E-state index < -0.39 is 8.80 Å². The molecule has 1 saturated heterocycles. The topological polar surface area (TPSA) is 0 Å². The molecule has 1 heteroatoms. The van der Waals surface area contributed by atoms with E-state index in [1.807, 2.05) is 0 Å². The van der Waals surface area contributed by atoms with E-state index in [4.69, 9.17) is 0 Å². The molecule has 0 unspecified atom stereocenters. The molecule has 1 rings (SSSR count). The smallest absolute Gasteiger partial charge is 0.0466 e. The lowest BCUT2D eigenvalue weighted by Gasteiger charge is -2.72. The molecule has 1 heterocycles. The van der Waals surface area contributed by atoms with Gasteiger partial charge in [-0.25, -0.2) is 0 Å². The van der Waals surface area contributed by atoms with Gasteiger partial charge in [-0.3, -0.25) is 0 Å². The Balaban J connectivity index is 3.56. The van der Waals surface area contributed by atoms with Crippen LogP contribution in [0.3, 0.4) is 0 Å². The van der Waals surface area contributed by atoms with Crippen LogP contribution in [0, 0.1) is 16.2 Å². The van der Waals surface area contributed by atoms with E-state index >= 15 is 0 Å². The first-order valence-corrected chi connectivity index (χ1v) is 9.46. The minimum Gasteiger partial charge on any atom is -0.0712 e. The van der Waals surface area contributed by atoms with Crippen LogP contribution in [0.25, 0.3) is 0 Å². The van der Waals surface area contributed by atoms with Gasteiger partial charge in [0.15, 0.2) is 0 Å². The van der Waals surface area contributed by atoms with Gasteiger partial charge in [-0.1, -0.05) is 75.8 Å². The van der Waals surface area contributed by atoms with Gasteiger partial charge in [0.05, 0.1) is 0 Å². The van der Waals surface area contributed by atoms with Crippen molar-refractivity contribution in [3.8, 4) is 0 Å². The van der Waals surface area contributed by atoms with Gasteiger partial charge < -0.3 is 0 Å². The summed E-state index contributed by atoms with van der Waals surface area (Å²) in [6.07, 6.45) is 0. The SMILES string of the molecule is C[SiH]1C(C)(C)C(C)(C)C(C)(C)C(C)(C)C1(C)C. The molecule has 0 aliphatic carbocycles. The fourth-order valence-corrected chi connectivity index (χ4v) is 9.07. The number of hydrogen-bond donors (Lipinski definition) is 0. The van der Waals surface area contributed by atoms with Crippen molar-refractivity contribution in [2.75, 3.05) is 0 Å². The monoisotopic (exact) mass is 254 g/mol. The quantitative estimate of drug-likeness (QED) is 0.501. The molecule has 102 valence electrons. The van der Waals surface area contributed by atoms with Crippen LogP contribution in [0.15, 0.2) is 0 Å². The van der Waals surface area contributed by atoms with Crippen LogP contribution in [0.4, 0.5) is 0 Å². The molecule has 0 amide bonds. The average Bonchev–Trinajstić information content (AvgIpc) is 2.13. The van der Waals surface area contributed by atoms with E-state index in [1.165, 1.54) is 0 Å². The molecule has 1 aliphatic rings. The first-order valence-electron chi connectivity index (χ1n) is 7.15.